The summed E-state index contributed by atoms with van der Waals surface area (Å²) in [7, 11) is 0. The average Bonchev–Trinajstić information content (AvgIpc) is 2.97. The normalized spacial score (nSPS) is 21.2. The van der Waals surface area contributed by atoms with Crippen molar-refractivity contribution in [2.24, 2.45) is 17.3 Å². The van der Waals surface area contributed by atoms with E-state index < -0.39 is 0 Å². The number of aliphatic hydroxyl groups excluding tert-OH is 1. The molecule has 0 amide bonds. The molecule has 2 atom stereocenters. The first-order valence-electron chi connectivity index (χ1n) is 6.74. The Balaban J connectivity index is 2.27. The second kappa shape index (κ2) is 5.50. The van der Waals surface area contributed by atoms with Crippen molar-refractivity contribution in [2.75, 3.05) is 6.54 Å². The Labute approximate surface area is 101 Å². The lowest BCUT2D eigenvalue weighted by Gasteiger charge is -2.34. The van der Waals surface area contributed by atoms with Gasteiger partial charge in [-0.25, -0.2) is 0 Å². The number of rotatable bonds is 7. The molecular weight excluding hydrogens is 198 g/mol. The Morgan fingerprint density at radius 2 is 1.81 bits per heavy atom. The van der Waals surface area contributed by atoms with Gasteiger partial charge in [-0.05, 0) is 25.2 Å². The first kappa shape index (κ1) is 14.0. The van der Waals surface area contributed by atoms with Crippen LogP contribution in [0.4, 0.5) is 0 Å². The molecule has 1 aliphatic carbocycles. The zero-order chi connectivity index (χ0) is 12.3. The molecule has 0 spiro atoms. The van der Waals surface area contributed by atoms with Crippen molar-refractivity contribution in [3.63, 3.8) is 0 Å². The van der Waals surface area contributed by atoms with Crippen molar-refractivity contribution in [1.82, 2.24) is 5.32 Å². The summed E-state index contributed by atoms with van der Waals surface area (Å²) < 4.78 is 0. The van der Waals surface area contributed by atoms with Crippen LogP contribution in [0.3, 0.4) is 0 Å². The van der Waals surface area contributed by atoms with E-state index in [1.54, 1.807) is 0 Å². The molecule has 1 aliphatic rings. The number of hydrogen-bond donors (Lipinski definition) is 2. The maximum Gasteiger partial charge on any atom is 0.0626 e. The summed E-state index contributed by atoms with van der Waals surface area (Å²) in [5.41, 5.74) is -0.0357. The van der Waals surface area contributed by atoms with Crippen LogP contribution >= 0.6 is 0 Å². The van der Waals surface area contributed by atoms with Gasteiger partial charge in [-0.15, -0.1) is 0 Å². The summed E-state index contributed by atoms with van der Waals surface area (Å²) in [6.07, 6.45) is 3.91. The van der Waals surface area contributed by atoms with E-state index >= 15 is 0 Å². The average molecular weight is 227 g/mol. The van der Waals surface area contributed by atoms with E-state index in [0.717, 1.165) is 12.5 Å². The molecule has 0 bridgehead atoms. The summed E-state index contributed by atoms with van der Waals surface area (Å²) in [5.74, 6) is 1.30. The molecule has 16 heavy (non-hydrogen) atoms. The number of nitrogens with one attached hydrogen (secondary N) is 1. The molecule has 0 radical (unpaired) electrons. The molecule has 1 saturated carbocycles. The van der Waals surface area contributed by atoms with E-state index in [1.807, 2.05) is 0 Å². The fraction of sp³-hybridized carbons (Fsp3) is 1.00. The fourth-order valence-electron chi connectivity index (χ4n) is 2.38. The van der Waals surface area contributed by atoms with Crippen LogP contribution in [0.2, 0.25) is 0 Å². The Morgan fingerprint density at radius 1 is 1.25 bits per heavy atom. The molecule has 96 valence electrons. The SMILES string of the molecule is CC(CC1CC1)NCC(C)(C)C(O)C(C)C. The van der Waals surface area contributed by atoms with Crippen LogP contribution in [-0.2, 0) is 0 Å². The van der Waals surface area contributed by atoms with Crippen molar-refractivity contribution < 1.29 is 5.11 Å². The van der Waals surface area contributed by atoms with Crippen molar-refractivity contribution >= 4 is 0 Å². The van der Waals surface area contributed by atoms with Gasteiger partial charge in [-0.3, -0.25) is 0 Å². The molecule has 2 nitrogen and oxygen atoms in total. The molecule has 2 N–H and O–H groups in total. The lowest BCUT2D eigenvalue weighted by Crippen LogP contribution is -2.44. The van der Waals surface area contributed by atoms with E-state index in [0.29, 0.717) is 12.0 Å². The lowest BCUT2D eigenvalue weighted by atomic mass is 9.80. The molecule has 2 unspecified atom stereocenters. The van der Waals surface area contributed by atoms with Crippen molar-refractivity contribution in [2.45, 2.75) is 66.0 Å². The van der Waals surface area contributed by atoms with Crippen molar-refractivity contribution in [3.05, 3.63) is 0 Å². The topological polar surface area (TPSA) is 32.3 Å². The van der Waals surface area contributed by atoms with Gasteiger partial charge in [0, 0.05) is 18.0 Å². The Morgan fingerprint density at radius 3 is 2.25 bits per heavy atom. The van der Waals surface area contributed by atoms with Gasteiger partial charge in [0.05, 0.1) is 6.10 Å². The second-order valence-corrected chi connectivity index (χ2v) is 6.64. The van der Waals surface area contributed by atoms with Crippen LogP contribution in [0.15, 0.2) is 0 Å². The third kappa shape index (κ3) is 4.42. The van der Waals surface area contributed by atoms with E-state index in [-0.39, 0.29) is 11.5 Å². The van der Waals surface area contributed by atoms with Crippen molar-refractivity contribution in [1.29, 1.82) is 0 Å². The standard InChI is InChI=1S/C14H29NO/c1-10(2)13(16)14(4,5)9-15-11(3)8-12-6-7-12/h10-13,15-16H,6-9H2,1-5H3. The van der Waals surface area contributed by atoms with Gasteiger partial charge in [-0.1, -0.05) is 40.5 Å². The predicted molar refractivity (Wildman–Crippen MR) is 69.4 cm³/mol. The molecular formula is C14H29NO. The number of aliphatic hydroxyl groups is 1. The van der Waals surface area contributed by atoms with Crippen LogP contribution < -0.4 is 5.32 Å². The smallest absolute Gasteiger partial charge is 0.0626 e. The fourth-order valence-corrected chi connectivity index (χ4v) is 2.38. The van der Waals surface area contributed by atoms with Crippen LogP contribution in [-0.4, -0.2) is 23.8 Å². The summed E-state index contributed by atoms with van der Waals surface area (Å²) in [5, 5.41) is 13.7. The minimum atomic E-state index is -0.229. The van der Waals surface area contributed by atoms with E-state index in [4.69, 9.17) is 0 Å². The van der Waals surface area contributed by atoms with E-state index in [9.17, 15) is 5.11 Å². The molecule has 0 aromatic heterocycles. The van der Waals surface area contributed by atoms with Gasteiger partial charge < -0.3 is 10.4 Å². The third-order valence-electron chi connectivity index (χ3n) is 3.72. The van der Waals surface area contributed by atoms with Gasteiger partial charge in [0.2, 0.25) is 0 Å². The molecule has 0 aromatic rings. The monoisotopic (exact) mass is 227 g/mol. The molecule has 0 aromatic carbocycles. The molecule has 0 saturated heterocycles. The molecule has 1 rings (SSSR count). The van der Waals surface area contributed by atoms with Crippen LogP contribution in [0.1, 0.15) is 53.9 Å². The minimum Gasteiger partial charge on any atom is -0.392 e. The lowest BCUT2D eigenvalue weighted by molar-refractivity contribution is 0.0122. The zero-order valence-electron chi connectivity index (χ0n) is 11.6. The Bertz CT molecular complexity index is 209. The first-order chi connectivity index (χ1) is 7.33. The third-order valence-corrected chi connectivity index (χ3v) is 3.72. The molecule has 0 aliphatic heterocycles. The van der Waals surface area contributed by atoms with Crippen LogP contribution in [0.25, 0.3) is 0 Å². The quantitative estimate of drug-likeness (QED) is 0.701. The summed E-state index contributed by atoms with van der Waals surface area (Å²) in [6.45, 7) is 11.6. The maximum atomic E-state index is 10.1. The molecule has 0 heterocycles. The Kier molecular flexibility index (Phi) is 4.81. The van der Waals surface area contributed by atoms with Crippen LogP contribution in [0, 0.1) is 17.3 Å². The van der Waals surface area contributed by atoms with Gasteiger partial charge in [0.15, 0.2) is 0 Å². The van der Waals surface area contributed by atoms with Crippen LogP contribution in [0.5, 0.6) is 0 Å². The zero-order valence-corrected chi connectivity index (χ0v) is 11.6. The second-order valence-electron chi connectivity index (χ2n) is 6.64. The minimum absolute atomic E-state index is 0.0357. The maximum absolute atomic E-state index is 10.1. The highest BCUT2D eigenvalue weighted by Crippen LogP contribution is 2.33. The summed E-state index contributed by atoms with van der Waals surface area (Å²) in [4.78, 5) is 0. The summed E-state index contributed by atoms with van der Waals surface area (Å²) in [6, 6.07) is 0.589. The molecule has 2 heteroatoms. The Hall–Kier alpha value is -0.0800. The van der Waals surface area contributed by atoms with Crippen molar-refractivity contribution in [3.8, 4) is 0 Å². The van der Waals surface area contributed by atoms with E-state index in [2.05, 4.69) is 39.9 Å². The molecule has 1 fully saturated rings. The highest BCUT2D eigenvalue weighted by atomic mass is 16.3. The highest BCUT2D eigenvalue weighted by Gasteiger charge is 2.31. The summed E-state index contributed by atoms with van der Waals surface area (Å²) >= 11 is 0. The van der Waals surface area contributed by atoms with Gasteiger partial charge in [0.25, 0.3) is 0 Å². The predicted octanol–water partition coefficient (Wildman–Crippen LogP) is 2.81. The highest BCUT2D eigenvalue weighted by molar-refractivity contribution is 4.84. The van der Waals surface area contributed by atoms with Gasteiger partial charge >= 0.3 is 0 Å². The van der Waals surface area contributed by atoms with Gasteiger partial charge in [0.1, 0.15) is 0 Å². The van der Waals surface area contributed by atoms with E-state index in [1.165, 1.54) is 19.3 Å². The largest absolute Gasteiger partial charge is 0.392 e. The van der Waals surface area contributed by atoms with Gasteiger partial charge in [-0.2, -0.15) is 0 Å². The first-order valence-corrected chi connectivity index (χ1v) is 6.74. The number of hydrogen-bond acceptors (Lipinski definition) is 2.